The normalized spacial score (nSPS) is 13.3. The average Bonchev–Trinajstić information content (AvgIpc) is 2.33. The van der Waals surface area contributed by atoms with Gasteiger partial charge < -0.3 is 23.4 Å². The number of ether oxygens (including phenoxy) is 2. The topological polar surface area (TPSA) is 106 Å². The van der Waals surface area contributed by atoms with Crippen LogP contribution in [0.5, 0.6) is 0 Å². The van der Waals surface area contributed by atoms with Crippen molar-refractivity contribution in [2.75, 3.05) is 33.0 Å². The van der Waals surface area contributed by atoms with E-state index in [4.69, 9.17) is 24.4 Å². The number of carbonyl (C=O) groups is 1. The maximum Gasteiger partial charge on any atom is 0.361 e. The summed E-state index contributed by atoms with van der Waals surface area (Å²) in [7, 11) is -3.48. The lowest BCUT2D eigenvalue weighted by molar-refractivity contribution is -0.143. The van der Waals surface area contributed by atoms with Gasteiger partial charge in [0.2, 0.25) is 0 Å². The molecule has 19 heavy (non-hydrogen) atoms. The fraction of sp³-hybridized carbons (Fsp3) is 0.900. The summed E-state index contributed by atoms with van der Waals surface area (Å²) in [6.07, 6.45) is 0. The molecular weight excluding hydrogens is 277 g/mol. The number of hydrogen-bond donors (Lipinski definition) is 1. The molecule has 0 aliphatic rings. The van der Waals surface area contributed by atoms with Gasteiger partial charge in [-0.3, -0.25) is 9.36 Å². The zero-order chi connectivity index (χ0) is 14.7. The third-order valence-corrected chi connectivity index (χ3v) is 4.15. The summed E-state index contributed by atoms with van der Waals surface area (Å²) >= 11 is 0. The van der Waals surface area contributed by atoms with Gasteiger partial charge in [0.15, 0.2) is 5.85 Å². The first-order chi connectivity index (χ1) is 9.00. The number of nitrogens with two attached hydrogens (primary N) is 1. The molecule has 0 saturated heterocycles. The van der Waals surface area contributed by atoms with E-state index in [0.29, 0.717) is 0 Å². The Hall–Kier alpha value is -0.500. The molecule has 0 aliphatic carbocycles. The largest absolute Gasteiger partial charge is 0.463 e. The van der Waals surface area contributed by atoms with Crippen LogP contribution >= 0.6 is 7.60 Å². The van der Waals surface area contributed by atoms with Crippen molar-refractivity contribution in [3.8, 4) is 0 Å². The van der Waals surface area contributed by atoms with Crippen molar-refractivity contribution >= 4 is 13.6 Å². The first-order valence-electron chi connectivity index (χ1n) is 5.95. The second-order valence-corrected chi connectivity index (χ2v) is 5.55. The number of hydrogen-bond acceptors (Lipinski definition) is 8. The maximum absolute atomic E-state index is 12.4. The lowest BCUT2D eigenvalue weighted by Crippen LogP contribution is -2.26. The summed E-state index contributed by atoms with van der Waals surface area (Å²) in [4.78, 5) is 15.0. The monoisotopic (exact) mass is 299 g/mol. The molecule has 0 saturated carbocycles. The summed E-state index contributed by atoms with van der Waals surface area (Å²) in [5.41, 5.74) is 0. The van der Waals surface area contributed by atoms with Gasteiger partial charge in [0.25, 0.3) is 0 Å². The van der Waals surface area contributed by atoms with Crippen LogP contribution in [0.25, 0.3) is 0 Å². The van der Waals surface area contributed by atoms with Crippen LogP contribution in [-0.4, -0.2) is 44.8 Å². The summed E-state index contributed by atoms with van der Waals surface area (Å²) in [5, 5.41) is 0. The van der Waals surface area contributed by atoms with E-state index in [1.807, 2.05) is 0 Å². The molecule has 0 aromatic heterocycles. The molecule has 114 valence electrons. The predicted octanol–water partition coefficient (Wildman–Crippen LogP) is 1.05. The Morgan fingerprint density at radius 2 is 1.79 bits per heavy atom. The third-order valence-electron chi connectivity index (χ3n) is 1.91. The quantitative estimate of drug-likeness (QED) is 0.261. The lowest BCUT2D eigenvalue weighted by atomic mass is 10.7. The Morgan fingerprint density at radius 1 is 1.21 bits per heavy atom. The molecule has 2 N–H and O–H groups in total. The van der Waals surface area contributed by atoms with Gasteiger partial charge in [-0.25, -0.2) is 5.90 Å². The highest BCUT2D eigenvalue weighted by atomic mass is 31.2. The van der Waals surface area contributed by atoms with Crippen LogP contribution in [-0.2, 0) is 32.7 Å². The molecule has 0 heterocycles. The molecule has 8 nitrogen and oxygen atoms in total. The van der Waals surface area contributed by atoms with E-state index in [2.05, 4.69) is 4.84 Å². The lowest BCUT2D eigenvalue weighted by Gasteiger charge is -2.25. The van der Waals surface area contributed by atoms with Crippen LogP contribution in [0, 0.1) is 0 Å². The Bertz CT molecular complexity index is 290. The molecule has 0 bridgehead atoms. The SMILES string of the molecule is CCOP(=O)(OCC)C(CON)OCCOC(C)=O. The highest BCUT2D eigenvalue weighted by Crippen LogP contribution is 2.53. The van der Waals surface area contributed by atoms with E-state index in [0.717, 1.165) is 0 Å². The highest BCUT2D eigenvalue weighted by molar-refractivity contribution is 7.54. The van der Waals surface area contributed by atoms with Crippen LogP contribution in [0.3, 0.4) is 0 Å². The van der Waals surface area contributed by atoms with Gasteiger partial charge in [0, 0.05) is 6.92 Å². The average molecular weight is 299 g/mol. The molecule has 9 heteroatoms. The van der Waals surface area contributed by atoms with E-state index in [1.54, 1.807) is 13.8 Å². The smallest absolute Gasteiger partial charge is 0.361 e. The van der Waals surface area contributed by atoms with E-state index < -0.39 is 19.4 Å². The Labute approximate surface area is 113 Å². The summed E-state index contributed by atoms with van der Waals surface area (Å²) in [5.74, 6) is 3.59. The predicted molar refractivity (Wildman–Crippen MR) is 67.4 cm³/mol. The van der Waals surface area contributed by atoms with E-state index in [-0.39, 0.29) is 33.0 Å². The first-order valence-corrected chi connectivity index (χ1v) is 7.56. The molecule has 1 atom stereocenters. The Kier molecular flexibility index (Phi) is 10.0. The van der Waals surface area contributed by atoms with Gasteiger partial charge in [0.05, 0.1) is 19.8 Å². The second-order valence-electron chi connectivity index (χ2n) is 3.37. The van der Waals surface area contributed by atoms with Crippen molar-refractivity contribution in [2.45, 2.75) is 26.6 Å². The molecule has 0 fully saturated rings. The van der Waals surface area contributed by atoms with Gasteiger partial charge >= 0.3 is 13.6 Å². The van der Waals surface area contributed by atoms with Gasteiger partial charge in [-0.2, -0.15) is 0 Å². The van der Waals surface area contributed by atoms with Crippen LogP contribution in [0.4, 0.5) is 0 Å². The van der Waals surface area contributed by atoms with Crippen molar-refractivity contribution in [1.29, 1.82) is 0 Å². The molecule has 0 radical (unpaired) electrons. The van der Waals surface area contributed by atoms with E-state index in [1.165, 1.54) is 6.92 Å². The Balaban J connectivity index is 4.47. The Morgan fingerprint density at radius 3 is 2.21 bits per heavy atom. The van der Waals surface area contributed by atoms with Gasteiger partial charge in [-0.1, -0.05) is 0 Å². The first kappa shape index (κ1) is 18.5. The molecule has 0 amide bonds. The van der Waals surface area contributed by atoms with Crippen LogP contribution in [0.2, 0.25) is 0 Å². The number of esters is 1. The molecule has 1 unspecified atom stereocenters. The minimum Gasteiger partial charge on any atom is -0.463 e. The molecule has 0 aromatic rings. The fourth-order valence-electron chi connectivity index (χ4n) is 1.25. The third kappa shape index (κ3) is 7.61. The van der Waals surface area contributed by atoms with E-state index in [9.17, 15) is 9.36 Å². The van der Waals surface area contributed by atoms with Crippen molar-refractivity contribution in [3.63, 3.8) is 0 Å². The zero-order valence-electron chi connectivity index (χ0n) is 11.5. The van der Waals surface area contributed by atoms with Crippen molar-refractivity contribution in [3.05, 3.63) is 0 Å². The van der Waals surface area contributed by atoms with Gasteiger partial charge in [-0.15, -0.1) is 0 Å². The molecule has 0 rings (SSSR count). The van der Waals surface area contributed by atoms with Crippen molar-refractivity contribution < 1.29 is 32.7 Å². The minimum absolute atomic E-state index is 0.0364. The van der Waals surface area contributed by atoms with Crippen LogP contribution < -0.4 is 5.90 Å². The van der Waals surface area contributed by atoms with Crippen molar-refractivity contribution in [2.24, 2.45) is 5.90 Å². The molecule has 0 aliphatic heterocycles. The van der Waals surface area contributed by atoms with Crippen LogP contribution in [0.15, 0.2) is 0 Å². The van der Waals surface area contributed by atoms with Crippen molar-refractivity contribution in [1.82, 2.24) is 0 Å². The maximum atomic E-state index is 12.4. The fourth-order valence-corrected chi connectivity index (χ4v) is 2.93. The molecular formula is C10H22NO7P. The number of carbonyl (C=O) groups excluding carboxylic acids is 1. The zero-order valence-corrected chi connectivity index (χ0v) is 12.4. The summed E-state index contributed by atoms with van der Waals surface area (Å²) < 4.78 is 32.7. The highest BCUT2D eigenvalue weighted by Gasteiger charge is 2.36. The standard InChI is InChI=1S/C10H22NO7P/c1-4-17-19(13,18-5-2)10(8-16-11)15-7-6-14-9(3)12/h10H,4-8,11H2,1-3H3. The van der Waals surface area contributed by atoms with Gasteiger partial charge in [0.1, 0.15) is 13.2 Å². The van der Waals surface area contributed by atoms with Gasteiger partial charge in [-0.05, 0) is 13.8 Å². The number of rotatable bonds is 11. The molecule has 0 aromatic carbocycles. The minimum atomic E-state index is -3.48. The molecule has 0 spiro atoms. The van der Waals surface area contributed by atoms with E-state index >= 15 is 0 Å². The van der Waals surface area contributed by atoms with Crippen LogP contribution in [0.1, 0.15) is 20.8 Å². The summed E-state index contributed by atoms with van der Waals surface area (Å²) in [6, 6.07) is 0. The summed E-state index contributed by atoms with van der Waals surface area (Å²) in [6.45, 7) is 4.97. The second kappa shape index (κ2) is 10.3.